The second kappa shape index (κ2) is 6.43. The van der Waals surface area contributed by atoms with Gasteiger partial charge in [-0.2, -0.15) is 0 Å². The van der Waals surface area contributed by atoms with Crippen LogP contribution in [0.1, 0.15) is 11.4 Å². The molecule has 0 aliphatic heterocycles. The molecule has 2 aromatic heterocycles. The molecule has 0 unspecified atom stereocenters. The Balaban J connectivity index is 2.08. The van der Waals surface area contributed by atoms with Crippen LogP contribution in [0.4, 0.5) is 5.13 Å². The van der Waals surface area contributed by atoms with Crippen LogP contribution >= 0.6 is 11.3 Å². The highest BCUT2D eigenvalue weighted by molar-refractivity contribution is 7.14. The lowest BCUT2D eigenvalue weighted by Gasteiger charge is -1.98. The van der Waals surface area contributed by atoms with E-state index in [2.05, 4.69) is 25.1 Å². The second-order valence-electron chi connectivity index (χ2n) is 3.31. The average Bonchev–Trinajstić information content (AvgIpc) is 3.06. The largest absolute Gasteiger partial charge is 0.476 e. The third-order valence-corrected chi connectivity index (χ3v) is 2.76. The number of carboxylic acids is 1. The van der Waals surface area contributed by atoms with Crippen LogP contribution in [0.25, 0.3) is 0 Å². The Labute approximate surface area is 115 Å². The van der Waals surface area contributed by atoms with Crippen molar-refractivity contribution >= 4 is 34.6 Å². The number of oxime groups is 1. The molecular formula is C10H8N4O5S. The lowest BCUT2D eigenvalue weighted by Crippen LogP contribution is -2.15. The summed E-state index contributed by atoms with van der Waals surface area (Å²) >= 11 is 1.07. The SMILES string of the molecule is O=CNc1nc(C(=NOCc2ccon2)C(=O)O)cs1. The van der Waals surface area contributed by atoms with Gasteiger partial charge in [0.15, 0.2) is 11.7 Å². The molecule has 0 spiro atoms. The van der Waals surface area contributed by atoms with E-state index in [1.165, 1.54) is 11.6 Å². The smallest absolute Gasteiger partial charge is 0.360 e. The first-order valence-electron chi connectivity index (χ1n) is 5.19. The van der Waals surface area contributed by atoms with Crippen molar-refractivity contribution in [1.29, 1.82) is 0 Å². The van der Waals surface area contributed by atoms with Crippen molar-refractivity contribution in [2.75, 3.05) is 5.32 Å². The van der Waals surface area contributed by atoms with Crippen molar-refractivity contribution in [2.24, 2.45) is 5.16 Å². The summed E-state index contributed by atoms with van der Waals surface area (Å²) in [4.78, 5) is 30.1. The zero-order valence-electron chi connectivity index (χ0n) is 9.85. The number of carbonyl (C=O) groups excluding carboxylic acids is 1. The zero-order valence-corrected chi connectivity index (χ0v) is 10.7. The molecule has 0 atom stereocenters. The van der Waals surface area contributed by atoms with Crippen LogP contribution in [-0.4, -0.2) is 33.3 Å². The van der Waals surface area contributed by atoms with Crippen molar-refractivity contribution in [3.05, 3.63) is 29.1 Å². The fourth-order valence-electron chi connectivity index (χ4n) is 1.17. The van der Waals surface area contributed by atoms with E-state index in [0.29, 0.717) is 12.1 Å². The van der Waals surface area contributed by atoms with Gasteiger partial charge in [0.1, 0.15) is 17.7 Å². The Hall–Kier alpha value is -2.75. The molecule has 2 aromatic rings. The molecule has 20 heavy (non-hydrogen) atoms. The normalized spacial score (nSPS) is 11.1. The number of thiazole rings is 1. The van der Waals surface area contributed by atoms with Crippen LogP contribution in [0.3, 0.4) is 0 Å². The van der Waals surface area contributed by atoms with Gasteiger partial charge in [0.25, 0.3) is 0 Å². The third-order valence-electron chi connectivity index (χ3n) is 1.99. The molecule has 0 radical (unpaired) electrons. The maximum absolute atomic E-state index is 11.1. The first kappa shape index (κ1) is 13.7. The number of aliphatic carboxylic acids is 1. The number of nitrogens with one attached hydrogen (secondary N) is 1. The molecule has 2 heterocycles. The van der Waals surface area contributed by atoms with E-state index >= 15 is 0 Å². The molecule has 10 heteroatoms. The number of amides is 1. The number of carboxylic acid groups (broad SMARTS) is 1. The minimum absolute atomic E-state index is 0.0309. The van der Waals surface area contributed by atoms with E-state index in [-0.39, 0.29) is 23.1 Å². The minimum atomic E-state index is -1.30. The fourth-order valence-corrected chi connectivity index (χ4v) is 1.82. The highest BCUT2D eigenvalue weighted by atomic mass is 32.1. The molecule has 0 aliphatic rings. The van der Waals surface area contributed by atoms with Crippen LogP contribution in [-0.2, 0) is 21.0 Å². The van der Waals surface area contributed by atoms with E-state index in [1.807, 2.05) is 0 Å². The summed E-state index contributed by atoms with van der Waals surface area (Å²) in [5, 5.41) is 20.2. The van der Waals surface area contributed by atoms with Gasteiger partial charge in [-0.1, -0.05) is 10.3 Å². The number of hydrogen-bond acceptors (Lipinski definition) is 8. The zero-order chi connectivity index (χ0) is 14.4. The first-order valence-corrected chi connectivity index (χ1v) is 6.07. The topological polar surface area (TPSA) is 127 Å². The van der Waals surface area contributed by atoms with E-state index in [9.17, 15) is 9.59 Å². The predicted octanol–water partition coefficient (Wildman–Crippen LogP) is 0.705. The van der Waals surface area contributed by atoms with E-state index in [4.69, 9.17) is 9.94 Å². The summed E-state index contributed by atoms with van der Waals surface area (Å²) < 4.78 is 4.59. The summed E-state index contributed by atoms with van der Waals surface area (Å²) in [5.41, 5.74) is 0.191. The second-order valence-corrected chi connectivity index (χ2v) is 4.17. The summed E-state index contributed by atoms with van der Waals surface area (Å²) in [7, 11) is 0. The molecular weight excluding hydrogens is 288 g/mol. The molecule has 1 amide bonds. The molecule has 2 N–H and O–H groups in total. The van der Waals surface area contributed by atoms with Gasteiger partial charge in [0, 0.05) is 11.4 Å². The third kappa shape index (κ3) is 3.38. The van der Waals surface area contributed by atoms with Crippen LogP contribution in [0.2, 0.25) is 0 Å². The monoisotopic (exact) mass is 296 g/mol. The Morgan fingerprint density at radius 2 is 2.50 bits per heavy atom. The molecule has 0 aliphatic carbocycles. The van der Waals surface area contributed by atoms with Crippen molar-refractivity contribution < 1.29 is 24.1 Å². The van der Waals surface area contributed by atoms with Crippen molar-refractivity contribution in [2.45, 2.75) is 6.61 Å². The van der Waals surface area contributed by atoms with Gasteiger partial charge in [0.05, 0.1) is 0 Å². The Morgan fingerprint density at radius 1 is 1.65 bits per heavy atom. The Morgan fingerprint density at radius 3 is 3.15 bits per heavy atom. The van der Waals surface area contributed by atoms with Gasteiger partial charge >= 0.3 is 5.97 Å². The fraction of sp³-hybridized carbons (Fsp3) is 0.100. The molecule has 2 rings (SSSR count). The first-order chi connectivity index (χ1) is 9.70. The van der Waals surface area contributed by atoms with Gasteiger partial charge in [-0.3, -0.25) is 4.79 Å². The summed E-state index contributed by atoms with van der Waals surface area (Å²) in [6, 6.07) is 1.56. The van der Waals surface area contributed by atoms with Crippen LogP contribution in [0.15, 0.2) is 27.4 Å². The molecule has 104 valence electrons. The van der Waals surface area contributed by atoms with Crippen LogP contribution < -0.4 is 5.32 Å². The van der Waals surface area contributed by atoms with E-state index in [1.54, 1.807) is 6.07 Å². The summed E-state index contributed by atoms with van der Waals surface area (Å²) in [6.45, 7) is -0.0309. The van der Waals surface area contributed by atoms with Crippen LogP contribution in [0.5, 0.6) is 0 Å². The standard InChI is InChI=1S/C10H8N4O5S/c15-5-11-10-12-7(4-20-10)8(9(16)17)14-19-3-6-1-2-18-13-6/h1-2,4-5H,3H2,(H,16,17)(H,11,12,15). The molecule has 0 aromatic carbocycles. The van der Waals surface area contributed by atoms with Crippen LogP contribution in [0, 0.1) is 0 Å². The van der Waals surface area contributed by atoms with Crippen molar-refractivity contribution in [1.82, 2.24) is 10.1 Å². The maximum Gasteiger partial charge on any atom is 0.360 e. The molecule has 0 fully saturated rings. The number of rotatable bonds is 7. The average molecular weight is 296 g/mol. The van der Waals surface area contributed by atoms with Gasteiger partial charge < -0.3 is 19.8 Å². The lowest BCUT2D eigenvalue weighted by atomic mass is 10.3. The van der Waals surface area contributed by atoms with Gasteiger partial charge in [-0.25, -0.2) is 9.78 Å². The maximum atomic E-state index is 11.1. The van der Waals surface area contributed by atoms with Gasteiger partial charge in [0.2, 0.25) is 12.1 Å². The minimum Gasteiger partial charge on any atom is -0.476 e. The number of aromatic nitrogens is 2. The highest BCUT2D eigenvalue weighted by Gasteiger charge is 2.17. The quantitative estimate of drug-likeness (QED) is 0.437. The van der Waals surface area contributed by atoms with Crippen molar-refractivity contribution in [3.63, 3.8) is 0 Å². The van der Waals surface area contributed by atoms with Gasteiger partial charge in [-0.05, 0) is 0 Å². The number of anilines is 1. The number of carbonyl (C=O) groups is 2. The predicted molar refractivity (Wildman–Crippen MR) is 67.3 cm³/mol. The summed E-state index contributed by atoms with van der Waals surface area (Å²) in [5.74, 6) is -1.30. The van der Waals surface area contributed by atoms with E-state index in [0.717, 1.165) is 11.3 Å². The number of nitrogens with zero attached hydrogens (tertiary/aromatic N) is 3. The van der Waals surface area contributed by atoms with Gasteiger partial charge in [-0.15, -0.1) is 11.3 Å². The Bertz CT molecular complexity index is 621. The van der Waals surface area contributed by atoms with E-state index < -0.39 is 5.97 Å². The lowest BCUT2D eigenvalue weighted by molar-refractivity contribution is -0.129. The van der Waals surface area contributed by atoms with Crippen molar-refractivity contribution in [3.8, 4) is 0 Å². The highest BCUT2D eigenvalue weighted by Crippen LogP contribution is 2.15. The molecule has 0 bridgehead atoms. The number of hydrogen-bond donors (Lipinski definition) is 2. The molecule has 0 saturated heterocycles. The molecule has 9 nitrogen and oxygen atoms in total. The Kier molecular flexibility index (Phi) is 4.39. The summed E-state index contributed by atoms with van der Waals surface area (Å²) in [6.07, 6.45) is 1.81. The molecule has 0 saturated carbocycles.